The van der Waals surface area contributed by atoms with E-state index in [0.29, 0.717) is 18.0 Å². The number of hydrogen-bond acceptors (Lipinski definition) is 3. The number of carbonyl (C=O) groups excluding carboxylic acids is 1. The minimum Gasteiger partial charge on any atom is -0.481 e. The molecule has 0 aliphatic heterocycles. The summed E-state index contributed by atoms with van der Waals surface area (Å²) in [6.07, 6.45) is 1.65. The van der Waals surface area contributed by atoms with E-state index in [0.717, 1.165) is 0 Å². The number of carbonyl (C=O) groups is 1. The molecule has 1 amide bonds. The Balaban J connectivity index is 1.98. The highest BCUT2D eigenvalue weighted by Crippen LogP contribution is 2.13. The highest BCUT2D eigenvalue weighted by Gasteiger charge is 2.18. The molecule has 0 saturated heterocycles. The quantitative estimate of drug-likeness (QED) is 0.848. The molecular weight excluding hydrogens is 230 g/mol. The van der Waals surface area contributed by atoms with Gasteiger partial charge in [-0.1, -0.05) is 25.1 Å². The predicted molar refractivity (Wildman–Crippen MR) is 68.4 cm³/mol. The molecule has 1 atom stereocenters. The molecule has 94 valence electrons. The number of nitrogens with one attached hydrogen (secondary N) is 2. The molecule has 2 N–H and O–H groups in total. The third kappa shape index (κ3) is 3.10. The number of aromatic nitrogens is 2. The Hall–Kier alpha value is -2.30. The van der Waals surface area contributed by atoms with Gasteiger partial charge in [0.1, 0.15) is 11.6 Å². The minimum absolute atomic E-state index is 0.189. The fourth-order valence-electron chi connectivity index (χ4n) is 1.52. The second-order valence-corrected chi connectivity index (χ2v) is 3.79. The normalized spacial score (nSPS) is 11.8. The number of anilines is 1. The van der Waals surface area contributed by atoms with E-state index in [2.05, 4.69) is 15.5 Å². The first-order chi connectivity index (χ1) is 8.79. The summed E-state index contributed by atoms with van der Waals surface area (Å²) in [5.74, 6) is 1.06. The number of rotatable bonds is 5. The molecule has 0 radical (unpaired) electrons. The van der Waals surface area contributed by atoms with Gasteiger partial charge in [0, 0.05) is 6.07 Å². The molecule has 0 bridgehead atoms. The van der Waals surface area contributed by atoms with Gasteiger partial charge in [0.05, 0.1) is 6.20 Å². The first kappa shape index (κ1) is 12.2. The summed E-state index contributed by atoms with van der Waals surface area (Å²) in [5.41, 5.74) is 0. The first-order valence-corrected chi connectivity index (χ1v) is 5.81. The molecule has 1 aromatic heterocycles. The maximum Gasteiger partial charge on any atom is 0.266 e. The Morgan fingerprint density at radius 3 is 2.78 bits per heavy atom. The Morgan fingerprint density at radius 1 is 1.39 bits per heavy atom. The molecule has 0 aliphatic carbocycles. The molecule has 5 nitrogen and oxygen atoms in total. The molecule has 2 rings (SSSR count). The number of H-pyrrole nitrogens is 1. The molecule has 0 aliphatic rings. The van der Waals surface area contributed by atoms with E-state index in [1.165, 1.54) is 0 Å². The van der Waals surface area contributed by atoms with Crippen molar-refractivity contribution in [3.8, 4) is 5.75 Å². The summed E-state index contributed by atoms with van der Waals surface area (Å²) >= 11 is 0. The predicted octanol–water partition coefficient (Wildman–Crippen LogP) is 2.21. The van der Waals surface area contributed by atoms with E-state index in [4.69, 9.17) is 4.74 Å². The number of benzene rings is 1. The number of nitrogens with zero attached hydrogens (tertiary/aromatic N) is 1. The second-order valence-electron chi connectivity index (χ2n) is 3.79. The van der Waals surface area contributed by atoms with E-state index in [9.17, 15) is 4.79 Å². The van der Waals surface area contributed by atoms with Crippen LogP contribution in [0.3, 0.4) is 0 Å². The molecule has 0 saturated carbocycles. The van der Waals surface area contributed by atoms with Crippen LogP contribution in [0.4, 0.5) is 5.82 Å². The zero-order valence-corrected chi connectivity index (χ0v) is 10.1. The fourth-order valence-corrected chi connectivity index (χ4v) is 1.52. The molecule has 5 heteroatoms. The lowest BCUT2D eigenvalue weighted by Gasteiger charge is -2.16. The van der Waals surface area contributed by atoms with Crippen LogP contribution in [0.1, 0.15) is 13.3 Å². The number of amides is 1. The molecule has 1 unspecified atom stereocenters. The van der Waals surface area contributed by atoms with Crippen molar-refractivity contribution >= 4 is 11.7 Å². The molecule has 1 aromatic carbocycles. The van der Waals surface area contributed by atoms with Crippen LogP contribution in [-0.2, 0) is 4.79 Å². The third-order valence-electron chi connectivity index (χ3n) is 2.44. The number of aromatic amines is 1. The SMILES string of the molecule is CCC(Oc1ccccc1)C(=O)Nc1ccn[nH]1. The van der Waals surface area contributed by atoms with Crippen LogP contribution in [0.2, 0.25) is 0 Å². The van der Waals surface area contributed by atoms with Crippen molar-refractivity contribution in [3.05, 3.63) is 42.6 Å². The van der Waals surface area contributed by atoms with Crippen molar-refractivity contribution in [1.29, 1.82) is 0 Å². The van der Waals surface area contributed by atoms with E-state index in [1.54, 1.807) is 12.3 Å². The zero-order valence-electron chi connectivity index (χ0n) is 10.1. The average molecular weight is 245 g/mol. The van der Waals surface area contributed by atoms with Gasteiger partial charge in [-0.15, -0.1) is 0 Å². The molecule has 0 fully saturated rings. The number of para-hydroxylation sites is 1. The molecule has 2 aromatic rings. The lowest BCUT2D eigenvalue weighted by Crippen LogP contribution is -2.32. The van der Waals surface area contributed by atoms with E-state index in [1.807, 2.05) is 37.3 Å². The van der Waals surface area contributed by atoms with Gasteiger partial charge >= 0.3 is 0 Å². The third-order valence-corrected chi connectivity index (χ3v) is 2.44. The van der Waals surface area contributed by atoms with Crippen LogP contribution in [0.25, 0.3) is 0 Å². The lowest BCUT2D eigenvalue weighted by molar-refractivity contribution is -0.122. The average Bonchev–Trinajstić information content (AvgIpc) is 2.90. The first-order valence-electron chi connectivity index (χ1n) is 5.81. The van der Waals surface area contributed by atoms with Crippen LogP contribution in [0, 0.1) is 0 Å². The maximum atomic E-state index is 12.0. The lowest BCUT2D eigenvalue weighted by atomic mass is 10.2. The van der Waals surface area contributed by atoms with Gasteiger partial charge in [0.15, 0.2) is 6.10 Å². The Morgan fingerprint density at radius 2 is 2.17 bits per heavy atom. The summed E-state index contributed by atoms with van der Waals surface area (Å²) in [6.45, 7) is 1.90. The molecule has 0 spiro atoms. The van der Waals surface area contributed by atoms with Gasteiger partial charge in [-0.25, -0.2) is 0 Å². The van der Waals surface area contributed by atoms with Gasteiger partial charge in [0.2, 0.25) is 0 Å². The van der Waals surface area contributed by atoms with Gasteiger partial charge in [-0.3, -0.25) is 9.89 Å². The van der Waals surface area contributed by atoms with Crippen molar-refractivity contribution in [2.75, 3.05) is 5.32 Å². The smallest absolute Gasteiger partial charge is 0.266 e. The summed E-state index contributed by atoms with van der Waals surface area (Å²) in [7, 11) is 0. The van der Waals surface area contributed by atoms with Crippen LogP contribution >= 0.6 is 0 Å². The topological polar surface area (TPSA) is 67.0 Å². The summed E-state index contributed by atoms with van der Waals surface area (Å²) in [6, 6.07) is 11.0. The van der Waals surface area contributed by atoms with Gasteiger partial charge < -0.3 is 10.1 Å². The zero-order chi connectivity index (χ0) is 12.8. The van der Waals surface area contributed by atoms with Crippen LogP contribution < -0.4 is 10.1 Å². The van der Waals surface area contributed by atoms with E-state index < -0.39 is 6.10 Å². The van der Waals surface area contributed by atoms with E-state index in [-0.39, 0.29) is 5.91 Å². The van der Waals surface area contributed by atoms with Gasteiger partial charge in [0.25, 0.3) is 5.91 Å². The van der Waals surface area contributed by atoms with Crippen molar-refractivity contribution in [1.82, 2.24) is 10.2 Å². The molecular formula is C13H15N3O2. The number of hydrogen-bond donors (Lipinski definition) is 2. The molecule has 18 heavy (non-hydrogen) atoms. The highest BCUT2D eigenvalue weighted by molar-refractivity contribution is 5.93. The highest BCUT2D eigenvalue weighted by atomic mass is 16.5. The van der Waals surface area contributed by atoms with Crippen molar-refractivity contribution < 1.29 is 9.53 Å². The Bertz CT molecular complexity index is 482. The van der Waals surface area contributed by atoms with Crippen molar-refractivity contribution in [3.63, 3.8) is 0 Å². The van der Waals surface area contributed by atoms with Crippen LogP contribution in [0.5, 0.6) is 5.75 Å². The van der Waals surface area contributed by atoms with Gasteiger partial charge in [-0.05, 0) is 18.6 Å². The molecule has 1 heterocycles. The summed E-state index contributed by atoms with van der Waals surface area (Å²) < 4.78 is 5.63. The second kappa shape index (κ2) is 5.86. The maximum absolute atomic E-state index is 12.0. The summed E-state index contributed by atoms with van der Waals surface area (Å²) in [4.78, 5) is 12.0. The van der Waals surface area contributed by atoms with Crippen molar-refractivity contribution in [2.45, 2.75) is 19.4 Å². The standard InChI is InChI=1S/C13H15N3O2/c1-2-11(18-10-6-4-3-5-7-10)13(17)15-12-8-9-14-16-12/h3-9,11H,2H2,1H3,(H2,14,15,16,17). The van der Waals surface area contributed by atoms with E-state index >= 15 is 0 Å². The minimum atomic E-state index is -0.518. The largest absolute Gasteiger partial charge is 0.481 e. The number of ether oxygens (including phenoxy) is 1. The monoisotopic (exact) mass is 245 g/mol. The Labute approximate surface area is 105 Å². The summed E-state index contributed by atoms with van der Waals surface area (Å²) in [5, 5.41) is 9.15. The van der Waals surface area contributed by atoms with Crippen molar-refractivity contribution in [2.24, 2.45) is 0 Å². The van der Waals surface area contributed by atoms with Gasteiger partial charge in [-0.2, -0.15) is 5.10 Å². The van der Waals surface area contributed by atoms with Crippen LogP contribution in [-0.4, -0.2) is 22.2 Å². The van der Waals surface area contributed by atoms with Crippen LogP contribution in [0.15, 0.2) is 42.6 Å². The Kier molecular flexibility index (Phi) is 3.96. The fraction of sp³-hybridized carbons (Fsp3) is 0.231.